The molecule has 0 aliphatic carbocycles. The van der Waals surface area contributed by atoms with E-state index in [0.717, 1.165) is 16.7 Å². The number of ether oxygens (including phenoxy) is 1. The summed E-state index contributed by atoms with van der Waals surface area (Å²) in [5.41, 5.74) is 4.86. The van der Waals surface area contributed by atoms with Crippen LogP contribution in [0.5, 0.6) is 5.75 Å². The van der Waals surface area contributed by atoms with E-state index < -0.39 is 10.0 Å². The van der Waals surface area contributed by atoms with E-state index in [1.54, 1.807) is 24.3 Å². The van der Waals surface area contributed by atoms with Gasteiger partial charge in [0.05, 0.1) is 16.0 Å². The van der Waals surface area contributed by atoms with Crippen LogP contribution >= 0.6 is 23.2 Å². The molecule has 1 atom stereocenters. The van der Waals surface area contributed by atoms with Crippen molar-refractivity contribution >= 4 is 44.8 Å². The van der Waals surface area contributed by atoms with Crippen LogP contribution in [0.15, 0.2) is 59.5 Å². The highest BCUT2D eigenvalue weighted by Crippen LogP contribution is 2.29. The summed E-state index contributed by atoms with van der Waals surface area (Å²) in [6, 6.07) is 14.3. The van der Waals surface area contributed by atoms with Gasteiger partial charge in [-0.1, -0.05) is 35.3 Å². The summed E-state index contributed by atoms with van der Waals surface area (Å²) in [4.78, 5) is 12.4. The summed E-state index contributed by atoms with van der Waals surface area (Å²) < 4.78 is 33.3. The molecule has 34 heavy (non-hydrogen) atoms. The van der Waals surface area contributed by atoms with E-state index in [1.165, 1.54) is 23.8 Å². The fourth-order valence-corrected chi connectivity index (χ4v) is 4.96. The molecule has 0 spiro atoms. The second-order valence-electron chi connectivity index (χ2n) is 8.08. The molecule has 0 heterocycles. The number of halogens is 2. The maximum atomic E-state index is 12.6. The molecule has 0 bridgehead atoms. The first-order chi connectivity index (χ1) is 16.0. The molecule has 1 amide bonds. The number of anilines is 1. The van der Waals surface area contributed by atoms with Crippen LogP contribution in [0.2, 0.25) is 10.0 Å². The quantitative estimate of drug-likeness (QED) is 0.382. The maximum absolute atomic E-state index is 12.6. The lowest BCUT2D eigenvalue weighted by Gasteiger charge is -2.19. The second kappa shape index (κ2) is 10.7. The van der Waals surface area contributed by atoms with Gasteiger partial charge in [0.2, 0.25) is 0 Å². The molecule has 0 aliphatic rings. The standard InChI is InChI=1S/C25H26Cl2N2O4S/c1-15-11-17(3)22(12-16(15)2)18(4)28-25(30)14-33-24-10-9-21(13-23(24)27)34(31,32)29-20-7-5-19(26)6-8-20/h5-13,18,29H,14H2,1-4H3,(H,28,30). The van der Waals surface area contributed by atoms with Crippen molar-refractivity contribution in [2.45, 2.75) is 38.6 Å². The number of hydrogen-bond acceptors (Lipinski definition) is 4. The molecule has 0 saturated carbocycles. The molecule has 180 valence electrons. The Bertz CT molecular complexity index is 1310. The zero-order valence-corrected chi connectivity index (χ0v) is 21.6. The molecule has 9 heteroatoms. The molecule has 2 N–H and O–H groups in total. The summed E-state index contributed by atoms with van der Waals surface area (Å²) >= 11 is 12.1. The first kappa shape index (κ1) is 25.9. The SMILES string of the molecule is Cc1cc(C)c(C(C)NC(=O)COc2ccc(S(=O)(=O)Nc3ccc(Cl)cc3)cc2Cl)cc1C. The fourth-order valence-electron chi connectivity index (χ4n) is 3.45. The number of amides is 1. The summed E-state index contributed by atoms with van der Waals surface area (Å²) in [5, 5.41) is 3.49. The van der Waals surface area contributed by atoms with Gasteiger partial charge in [-0.15, -0.1) is 0 Å². The number of carbonyl (C=O) groups is 1. The lowest BCUT2D eigenvalue weighted by molar-refractivity contribution is -0.123. The first-order valence-corrected chi connectivity index (χ1v) is 12.8. The van der Waals surface area contributed by atoms with Crippen molar-refractivity contribution in [3.8, 4) is 5.75 Å². The lowest BCUT2D eigenvalue weighted by atomic mass is 9.96. The van der Waals surface area contributed by atoms with E-state index in [-0.39, 0.29) is 34.2 Å². The Morgan fingerprint density at radius 3 is 2.24 bits per heavy atom. The van der Waals surface area contributed by atoms with Crippen LogP contribution in [0, 0.1) is 20.8 Å². The molecule has 6 nitrogen and oxygen atoms in total. The molecular formula is C25H26Cl2N2O4S. The van der Waals surface area contributed by atoms with Gasteiger partial charge < -0.3 is 10.1 Å². The van der Waals surface area contributed by atoms with Crippen molar-refractivity contribution in [1.29, 1.82) is 0 Å². The second-order valence-corrected chi connectivity index (χ2v) is 10.6. The number of carbonyl (C=O) groups excluding carboxylic acids is 1. The smallest absolute Gasteiger partial charge is 0.261 e. The molecule has 0 radical (unpaired) electrons. The van der Waals surface area contributed by atoms with Gasteiger partial charge in [-0.25, -0.2) is 8.42 Å². The minimum absolute atomic E-state index is 0.0388. The number of benzene rings is 3. The number of aryl methyl sites for hydroxylation is 3. The minimum atomic E-state index is -3.87. The van der Waals surface area contributed by atoms with Gasteiger partial charge in [0, 0.05) is 10.7 Å². The van der Waals surface area contributed by atoms with Crippen molar-refractivity contribution in [2.75, 3.05) is 11.3 Å². The van der Waals surface area contributed by atoms with Gasteiger partial charge in [-0.3, -0.25) is 9.52 Å². The van der Waals surface area contributed by atoms with E-state index in [0.29, 0.717) is 10.7 Å². The van der Waals surface area contributed by atoms with Gasteiger partial charge >= 0.3 is 0 Å². The number of hydrogen-bond donors (Lipinski definition) is 2. The van der Waals surface area contributed by atoms with Crippen molar-refractivity contribution in [2.24, 2.45) is 0 Å². The summed E-state index contributed by atoms with van der Waals surface area (Å²) in [6.45, 7) is 7.75. The Labute approximate surface area is 210 Å². The monoisotopic (exact) mass is 520 g/mol. The molecule has 0 aromatic heterocycles. The van der Waals surface area contributed by atoms with Crippen LogP contribution in [-0.4, -0.2) is 20.9 Å². The van der Waals surface area contributed by atoms with Crippen molar-refractivity contribution in [3.63, 3.8) is 0 Å². The van der Waals surface area contributed by atoms with Crippen LogP contribution < -0.4 is 14.8 Å². The molecule has 0 saturated heterocycles. The van der Waals surface area contributed by atoms with Gasteiger partial charge in [-0.2, -0.15) is 0 Å². The normalized spacial score (nSPS) is 12.2. The van der Waals surface area contributed by atoms with Crippen LogP contribution in [0.25, 0.3) is 0 Å². The third-order valence-electron chi connectivity index (χ3n) is 5.40. The summed E-state index contributed by atoms with van der Waals surface area (Å²) in [5.74, 6) is -0.112. The molecule has 3 rings (SSSR count). The van der Waals surface area contributed by atoms with E-state index in [9.17, 15) is 13.2 Å². The Hall–Kier alpha value is -2.74. The summed E-state index contributed by atoms with van der Waals surface area (Å²) in [6.07, 6.45) is 0. The van der Waals surface area contributed by atoms with E-state index in [1.807, 2.05) is 20.8 Å². The zero-order chi connectivity index (χ0) is 25.0. The Balaban J connectivity index is 1.62. The third kappa shape index (κ3) is 6.44. The first-order valence-electron chi connectivity index (χ1n) is 10.5. The van der Waals surface area contributed by atoms with Gasteiger partial charge in [0.25, 0.3) is 15.9 Å². The topological polar surface area (TPSA) is 84.5 Å². The fraction of sp³-hybridized carbons (Fsp3) is 0.240. The zero-order valence-electron chi connectivity index (χ0n) is 19.3. The molecule has 3 aromatic rings. The predicted octanol–water partition coefficient (Wildman–Crippen LogP) is 5.98. The van der Waals surface area contributed by atoms with Crippen molar-refractivity contribution < 1.29 is 17.9 Å². The predicted molar refractivity (Wildman–Crippen MR) is 136 cm³/mol. The number of nitrogens with one attached hydrogen (secondary N) is 2. The Morgan fingerprint density at radius 1 is 0.941 bits per heavy atom. The molecule has 3 aromatic carbocycles. The molecule has 0 aliphatic heterocycles. The molecular weight excluding hydrogens is 495 g/mol. The highest BCUT2D eigenvalue weighted by molar-refractivity contribution is 7.92. The summed E-state index contributed by atoms with van der Waals surface area (Å²) in [7, 11) is -3.87. The number of sulfonamides is 1. The third-order valence-corrected chi connectivity index (χ3v) is 7.32. The largest absolute Gasteiger partial charge is 0.482 e. The van der Waals surface area contributed by atoms with Crippen LogP contribution in [0.3, 0.4) is 0 Å². The lowest BCUT2D eigenvalue weighted by Crippen LogP contribution is -2.31. The Kier molecular flexibility index (Phi) is 8.13. The van der Waals surface area contributed by atoms with E-state index >= 15 is 0 Å². The van der Waals surface area contributed by atoms with Gasteiger partial charge in [0.1, 0.15) is 5.75 Å². The van der Waals surface area contributed by atoms with E-state index in [4.69, 9.17) is 27.9 Å². The highest BCUT2D eigenvalue weighted by atomic mass is 35.5. The van der Waals surface area contributed by atoms with E-state index in [2.05, 4.69) is 29.1 Å². The average Bonchev–Trinajstić information content (AvgIpc) is 2.76. The van der Waals surface area contributed by atoms with Crippen LogP contribution in [0.4, 0.5) is 5.69 Å². The molecule has 1 unspecified atom stereocenters. The van der Waals surface area contributed by atoms with Gasteiger partial charge in [-0.05, 0) is 92.4 Å². The molecule has 0 fully saturated rings. The Morgan fingerprint density at radius 2 is 1.59 bits per heavy atom. The van der Waals surface area contributed by atoms with Crippen molar-refractivity contribution in [1.82, 2.24) is 5.32 Å². The van der Waals surface area contributed by atoms with Crippen molar-refractivity contribution in [3.05, 3.63) is 86.9 Å². The minimum Gasteiger partial charge on any atom is -0.482 e. The van der Waals surface area contributed by atoms with Crippen LogP contribution in [-0.2, 0) is 14.8 Å². The number of rotatable bonds is 8. The van der Waals surface area contributed by atoms with Gasteiger partial charge in [0.15, 0.2) is 6.61 Å². The maximum Gasteiger partial charge on any atom is 0.261 e. The van der Waals surface area contributed by atoms with Crippen LogP contribution in [0.1, 0.15) is 35.2 Å². The average molecular weight is 521 g/mol. The highest BCUT2D eigenvalue weighted by Gasteiger charge is 2.18.